The van der Waals surface area contributed by atoms with Gasteiger partial charge in [0.05, 0.1) is 7.11 Å². The summed E-state index contributed by atoms with van der Waals surface area (Å²) in [7, 11) is 1.58. The molecule has 0 radical (unpaired) electrons. The number of methoxy groups -OCH3 is 1. The quantitative estimate of drug-likeness (QED) is 0.458. The maximum Gasteiger partial charge on any atom is 0.355 e. The number of β-lactam (4-membered cyclic amide) rings is 1. The van der Waals surface area contributed by atoms with Gasteiger partial charge in [-0.3, -0.25) is 9.69 Å². The van der Waals surface area contributed by atoms with Gasteiger partial charge in [-0.25, -0.2) is 4.79 Å². The molecule has 1 amide bonds. The predicted molar refractivity (Wildman–Crippen MR) is 98.9 cm³/mol. The highest BCUT2D eigenvalue weighted by Gasteiger charge is 2.51. The topological polar surface area (TPSA) is 81.9 Å². The lowest BCUT2D eigenvalue weighted by Crippen LogP contribution is -2.68. The zero-order valence-corrected chi connectivity index (χ0v) is 15.8. The number of ether oxygens (including phenoxy) is 2. The van der Waals surface area contributed by atoms with Crippen molar-refractivity contribution < 1.29 is 19.1 Å². The van der Waals surface area contributed by atoms with Crippen molar-refractivity contribution in [1.29, 1.82) is 0 Å². The largest absolute Gasteiger partial charge is 0.497 e. The first-order chi connectivity index (χ1) is 11.6. The molecule has 2 aliphatic heterocycles. The van der Waals surface area contributed by atoms with Crippen molar-refractivity contribution in [3.8, 4) is 5.75 Å². The minimum absolute atomic E-state index is 0. The highest BCUT2D eigenvalue weighted by molar-refractivity contribution is 8.00. The highest BCUT2D eigenvalue weighted by Crippen LogP contribution is 2.40. The Morgan fingerprint density at radius 1 is 1.40 bits per heavy atom. The minimum atomic E-state index is -0.573. The van der Waals surface area contributed by atoms with Crippen molar-refractivity contribution in [3.05, 3.63) is 41.1 Å². The lowest BCUT2D eigenvalue weighted by molar-refractivity contribution is -0.151. The number of hydrogen-bond acceptors (Lipinski definition) is 6. The number of fused-ring (bicyclic) bond motifs is 1. The second kappa shape index (κ2) is 8.31. The van der Waals surface area contributed by atoms with E-state index in [9.17, 15) is 9.59 Å². The first-order valence-electron chi connectivity index (χ1n) is 7.35. The van der Waals surface area contributed by atoms with Gasteiger partial charge in [-0.15, -0.1) is 35.8 Å². The number of alkyl halides is 1. The minimum Gasteiger partial charge on any atom is -0.497 e. The molecule has 2 N–H and O–H groups in total. The van der Waals surface area contributed by atoms with Gasteiger partial charge < -0.3 is 15.2 Å². The lowest BCUT2D eigenvalue weighted by Gasteiger charge is -2.48. The van der Waals surface area contributed by atoms with Gasteiger partial charge in [-0.2, -0.15) is 0 Å². The monoisotopic (exact) mass is 404 g/mol. The number of rotatable bonds is 5. The number of carbonyl (C=O) groups excluding carboxylic acids is 2. The number of nitrogens with two attached hydrogens (primary N) is 1. The Kier molecular flexibility index (Phi) is 6.62. The van der Waals surface area contributed by atoms with Crippen molar-refractivity contribution in [2.45, 2.75) is 18.0 Å². The van der Waals surface area contributed by atoms with Crippen LogP contribution in [-0.4, -0.2) is 46.9 Å². The number of hydrogen-bond donors (Lipinski definition) is 1. The van der Waals surface area contributed by atoms with Crippen LogP contribution in [0.5, 0.6) is 5.75 Å². The maximum atomic E-state index is 12.5. The van der Waals surface area contributed by atoms with Gasteiger partial charge in [0.2, 0.25) is 5.91 Å². The predicted octanol–water partition coefficient (Wildman–Crippen LogP) is 1.90. The van der Waals surface area contributed by atoms with Gasteiger partial charge in [0.25, 0.3) is 0 Å². The van der Waals surface area contributed by atoms with Crippen molar-refractivity contribution in [1.82, 2.24) is 4.90 Å². The molecule has 136 valence electrons. The van der Waals surface area contributed by atoms with Crippen LogP contribution in [0.3, 0.4) is 0 Å². The van der Waals surface area contributed by atoms with Crippen molar-refractivity contribution in [2.24, 2.45) is 5.73 Å². The normalized spacial score (nSPS) is 21.9. The van der Waals surface area contributed by atoms with E-state index in [4.69, 9.17) is 26.8 Å². The van der Waals surface area contributed by atoms with Crippen LogP contribution < -0.4 is 10.5 Å². The third kappa shape index (κ3) is 3.74. The van der Waals surface area contributed by atoms with E-state index < -0.39 is 12.0 Å². The Hall–Kier alpha value is -1.41. The van der Waals surface area contributed by atoms with Gasteiger partial charge in [0.15, 0.2) is 0 Å². The fraction of sp³-hybridized carbons (Fsp3) is 0.375. The number of amides is 1. The molecule has 1 aromatic carbocycles. The van der Waals surface area contributed by atoms with Crippen LogP contribution >= 0.6 is 35.8 Å². The summed E-state index contributed by atoms with van der Waals surface area (Å²) in [6.45, 7) is 0.105. The van der Waals surface area contributed by atoms with Crippen LogP contribution in [0.2, 0.25) is 0 Å². The smallest absolute Gasteiger partial charge is 0.355 e. The molecule has 0 spiro atoms. The van der Waals surface area contributed by atoms with E-state index in [1.54, 1.807) is 19.2 Å². The summed E-state index contributed by atoms with van der Waals surface area (Å²) in [5.74, 6) is 0.646. The van der Waals surface area contributed by atoms with Crippen LogP contribution in [0.15, 0.2) is 35.5 Å². The molecule has 0 aliphatic carbocycles. The van der Waals surface area contributed by atoms with Crippen molar-refractivity contribution in [2.75, 3.05) is 18.7 Å². The molecule has 1 fully saturated rings. The van der Waals surface area contributed by atoms with E-state index in [-0.39, 0.29) is 41.9 Å². The molecule has 1 aromatic rings. The van der Waals surface area contributed by atoms with Crippen LogP contribution in [0, 0.1) is 0 Å². The second-order valence-electron chi connectivity index (χ2n) is 5.45. The molecule has 25 heavy (non-hydrogen) atoms. The Labute approximate surface area is 161 Å². The maximum absolute atomic E-state index is 12.5. The zero-order valence-electron chi connectivity index (χ0n) is 13.4. The molecule has 2 atom stereocenters. The highest BCUT2D eigenvalue weighted by atomic mass is 35.5. The van der Waals surface area contributed by atoms with E-state index in [2.05, 4.69) is 0 Å². The molecule has 2 aliphatic rings. The Morgan fingerprint density at radius 2 is 2.08 bits per heavy atom. The fourth-order valence-electron chi connectivity index (χ4n) is 2.61. The number of esters is 1. The Balaban J connectivity index is 0.00000225. The van der Waals surface area contributed by atoms with E-state index in [1.807, 2.05) is 12.1 Å². The van der Waals surface area contributed by atoms with Crippen LogP contribution in [0.1, 0.15) is 5.56 Å². The molecule has 9 heteroatoms. The summed E-state index contributed by atoms with van der Waals surface area (Å²) < 4.78 is 10.5. The number of thioether (sulfide) groups is 1. The number of benzene rings is 1. The van der Waals surface area contributed by atoms with Crippen LogP contribution in [0.4, 0.5) is 0 Å². The summed E-state index contributed by atoms with van der Waals surface area (Å²) in [5.41, 5.74) is 7.55. The second-order valence-corrected chi connectivity index (χ2v) is 6.82. The summed E-state index contributed by atoms with van der Waals surface area (Å²) in [4.78, 5) is 25.9. The molecule has 2 heterocycles. The van der Waals surface area contributed by atoms with E-state index >= 15 is 0 Å². The van der Waals surface area contributed by atoms with E-state index in [0.29, 0.717) is 11.3 Å². The van der Waals surface area contributed by atoms with Gasteiger partial charge in [-0.05, 0) is 23.3 Å². The number of halogens is 2. The summed E-state index contributed by atoms with van der Waals surface area (Å²) in [6, 6.07) is 6.63. The lowest BCUT2D eigenvalue weighted by atomic mass is 10.0. The number of carbonyl (C=O) groups is 2. The van der Waals surface area contributed by atoms with Crippen LogP contribution in [0.25, 0.3) is 0 Å². The molecule has 0 aromatic heterocycles. The summed E-state index contributed by atoms with van der Waals surface area (Å²) in [5, 5.41) is -0.215. The standard InChI is InChI=1S/C16H17ClN2O4S.ClH/c1-22-11-4-2-9(3-5-11)7-23-16(21)13-10(6-17)8-24-15-12(18)14(20)19(13)15;/h2-5,12,15H,6-8,18H2,1H3;1H/t12-,15-;/m0./s1. The average Bonchev–Trinajstić information content (AvgIpc) is 2.64. The molecule has 6 nitrogen and oxygen atoms in total. The summed E-state index contributed by atoms with van der Waals surface area (Å²) >= 11 is 7.44. The van der Waals surface area contributed by atoms with Crippen molar-refractivity contribution in [3.63, 3.8) is 0 Å². The fourth-order valence-corrected chi connectivity index (χ4v) is 4.24. The van der Waals surface area contributed by atoms with Gasteiger partial charge in [0, 0.05) is 11.6 Å². The van der Waals surface area contributed by atoms with E-state index in [1.165, 1.54) is 16.7 Å². The zero-order chi connectivity index (χ0) is 17.3. The summed E-state index contributed by atoms with van der Waals surface area (Å²) in [6.07, 6.45) is 0. The Morgan fingerprint density at radius 3 is 2.68 bits per heavy atom. The molecule has 0 unspecified atom stereocenters. The van der Waals surface area contributed by atoms with Gasteiger partial charge in [-0.1, -0.05) is 12.1 Å². The molecule has 0 saturated carbocycles. The molecule has 0 bridgehead atoms. The van der Waals surface area contributed by atoms with E-state index in [0.717, 1.165) is 11.3 Å². The van der Waals surface area contributed by atoms with Gasteiger partial charge in [0.1, 0.15) is 29.5 Å². The SMILES string of the molecule is COc1ccc(COC(=O)C2=C(CCl)CS[C@H]3[C@@H](N)C(=O)N23)cc1.Cl. The molecule has 1 saturated heterocycles. The first-order valence-corrected chi connectivity index (χ1v) is 8.93. The van der Waals surface area contributed by atoms with Crippen molar-refractivity contribution >= 4 is 47.6 Å². The van der Waals surface area contributed by atoms with Gasteiger partial charge >= 0.3 is 5.97 Å². The molecular weight excluding hydrogens is 387 g/mol. The third-order valence-electron chi connectivity index (χ3n) is 3.97. The third-order valence-corrected chi connectivity index (χ3v) is 5.66. The molecular formula is C16H18Cl2N2O4S. The molecule has 3 rings (SSSR count). The Bertz CT molecular complexity index is 696. The van der Waals surface area contributed by atoms with Crippen LogP contribution in [-0.2, 0) is 20.9 Å². The first kappa shape index (κ1) is 19.9. The average molecular weight is 405 g/mol. The number of nitrogens with zero attached hydrogens (tertiary/aromatic N) is 1.